The maximum atomic E-state index is 13.7. The molecular formula is C32H28FN3O9. The van der Waals surface area contributed by atoms with E-state index in [2.05, 4.69) is 10.3 Å². The highest BCUT2D eigenvalue weighted by molar-refractivity contribution is 5.79. The van der Waals surface area contributed by atoms with Crippen LogP contribution in [-0.2, 0) is 25.6 Å². The molecule has 13 heteroatoms. The molecule has 0 N–H and O–H groups in total. The van der Waals surface area contributed by atoms with Crippen LogP contribution in [0.25, 0.3) is 11.3 Å². The smallest absolute Gasteiger partial charge is 0.328 e. The van der Waals surface area contributed by atoms with Crippen LogP contribution in [0.15, 0.2) is 54.7 Å². The van der Waals surface area contributed by atoms with Crippen LogP contribution < -0.4 is 23.7 Å². The van der Waals surface area contributed by atoms with Crippen molar-refractivity contribution in [1.29, 1.82) is 0 Å². The summed E-state index contributed by atoms with van der Waals surface area (Å²) in [6, 6.07) is 13.1. The molecule has 0 amide bonds. The summed E-state index contributed by atoms with van der Waals surface area (Å²) in [5, 5.41) is 8.08. The number of halogens is 1. The second-order valence-corrected chi connectivity index (χ2v) is 10.8. The number of fused-ring (bicyclic) bond motifs is 3. The van der Waals surface area contributed by atoms with E-state index in [4.69, 9.17) is 33.2 Å². The Morgan fingerprint density at radius 3 is 2.40 bits per heavy atom. The number of benzene rings is 3. The Hall–Kier alpha value is -5.33. The van der Waals surface area contributed by atoms with Crippen molar-refractivity contribution in [3.8, 4) is 40.0 Å². The van der Waals surface area contributed by atoms with Crippen molar-refractivity contribution in [2.45, 2.75) is 18.6 Å². The van der Waals surface area contributed by atoms with Gasteiger partial charge in [-0.15, -0.1) is 5.10 Å². The maximum Gasteiger partial charge on any atom is 0.328 e. The Bertz CT molecular complexity index is 1780. The molecule has 1 fully saturated rings. The van der Waals surface area contributed by atoms with Crippen molar-refractivity contribution in [2.24, 2.45) is 11.8 Å². The number of nitrogens with zero attached hydrogens (tertiary/aromatic N) is 3. The molecule has 232 valence electrons. The molecule has 0 spiro atoms. The predicted octanol–water partition coefficient (Wildman–Crippen LogP) is 4.06. The van der Waals surface area contributed by atoms with Crippen molar-refractivity contribution < 1.29 is 47.1 Å². The summed E-state index contributed by atoms with van der Waals surface area (Å²) < 4.78 is 54.8. The third-order valence-corrected chi connectivity index (χ3v) is 8.37. The number of rotatable bonds is 8. The first-order chi connectivity index (χ1) is 21.9. The van der Waals surface area contributed by atoms with E-state index in [0.29, 0.717) is 51.1 Å². The van der Waals surface area contributed by atoms with Crippen LogP contribution in [0, 0.1) is 17.7 Å². The molecule has 4 atom stereocenters. The summed E-state index contributed by atoms with van der Waals surface area (Å²) in [6.45, 7) is -0.184. The molecular weight excluding hydrogens is 589 g/mol. The molecule has 3 heterocycles. The number of ether oxygens (including phenoxy) is 7. The van der Waals surface area contributed by atoms with Gasteiger partial charge in [0.05, 0.1) is 40.1 Å². The fraction of sp³-hybridized carbons (Fsp3) is 0.312. The van der Waals surface area contributed by atoms with E-state index in [1.165, 1.54) is 44.3 Å². The first kappa shape index (κ1) is 28.4. The number of aromatic nitrogens is 3. The topological polar surface area (TPSA) is 129 Å². The van der Waals surface area contributed by atoms with Crippen molar-refractivity contribution in [2.75, 3.05) is 34.7 Å². The third-order valence-electron chi connectivity index (χ3n) is 8.37. The number of carbonyl (C=O) groups excluding carboxylic acids is 2. The molecule has 4 aromatic rings. The standard InChI is InChI=1S/C32H28FN3O9/c1-39-25-8-17(9-26(40-2)31(25)41-3)28-19-10-23-24(44-15-43-23)11-20(19)30(21-14-42-32(38)29(21)28)45-27(37)13-36-12-22(34-35-36)16-5-4-6-18(33)7-16/h4-12,21,28-30H,13-15H2,1-3H3/t21-,28+,29-,30-/m0/s1. The second kappa shape index (κ2) is 11.3. The lowest BCUT2D eigenvalue weighted by Gasteiger charge is -2.38. The molecule has 1 saturated heterocycles. The summed E-state index contributed by atoms with van der Waals surface area (Å²) in [6.07, 6.45) is 0.692. The van der Waals surface area contributed by atoms with Crippen LogP contribution in [0.1, 0.15) is 28.7 Å². The lowest BCUT2D eigenvalue weighted by molar-refractivity contribution is -0.155. The van der Waals surface area contributed by atoms with Gasteiger partial charge in [0.25, 0.3) is 0 Å². The molecule has 1 aromatic heterocycles. The van der Waals surface area contributed by atoms with Gasteiger partial charge in [0.1, 0.15) is 24.2 Å². The summed E-state index contributed by atoms with van der Waals surface area (Å²) >= 11 is 0. The van der Waals surface area contributed by atoms with Crippen LogP contribution in [0.5, 0.6) is 28.7 Å². The van der Waals surface area contributed by atoms with E-state index in [9.17, 15) is 14.0 Å². The maximum absolute atomic E-state index is 13.7. The predicted molar refractivity (Wildman–Crippen MR) is 153 cm³/mol. The minimum atomic E-state index is -0.844. The van der Waals surface area contributed by atoms with Gasteiger partial charge in [-0.3, -0.25) is 9.59 Å². The molecule has 2 aliphatic heterocycles. The van der Waals surface area contributed by atoms with E-state index in [1.54, 1.807) is 30.3 Å². The Balaban J connectivity index is 1.26. The number of hydrogen-bond donors (Lipinski definition) is 0. The van der Waals surface area contributed by atoms with Gasteiger partial charge in [0.15, 0.2) is 23.0 Å². The molecule has 0 radical (unpaired) electrons. The van der Waals surface area contributed by atoms with E-state index in [-0.39, 0.29) is 19.9 Å². The summed E-state index contributed by atoms with van der Waals surface area (Å²) in [5.41, 5.74) is 3.01. The number of cyclic esters (lactones) is 1. The summed E-state index contributed by atoms with van der Waals surface area (Å²) in [7, 11) is 4.56. The summed E-state index contributed by atoms with van der Waals surface area (Å²) in [5.74, 6) is -0.909. The van der Waals surface area contributed by atoms with Crippen LogP contribution >= 0.6 is 0 Å². The van der Waals surface area contributed by atoms with Gasteiger partial charge in [-0.2, -0.15) is 0 Å². The van der Waals surface area contributed by atoms with Crippen molar-refractivity contribution >= 4 is 11.9 Å². The minimum Gasteiger partial charge on any atom is -0.493 e. The third kappa shape index (κ3) is 4.93. The van der Waals surface area contributed by atoms with E-state index < -0.39 is 41.6 Å². The number of hydrogen-bond acceptors (Lipinski definition) is 11. The second-order valence-electron chi connectivity index (χ2n) is 10.8. The van der Waals surface area contributed by atoms with Crippen LogP contribution in [0.2, 0.25) is 0 Å². The van der Waals surface area contributed by atoms with Crippen LogP contribution in [0.3, 0.4) is 0 Å². The van der Waals surface area contributed by atoms with Gasteiger partial charge in [-0.25, -0.2) is 9.07 Å². The van der Waals surface area contributed by atoms with Crippen LogP contribution in [0.4, 0.5) is 4.39 Å². The lowest BCUT2D eigenvalue weighted by atomic mass is 9.66. The largest absolute Gasteiger partial charge is 0.493 e. The average Bonchev–Trinajstić information content (AvgIpc) is 3.80. The zero-order valence-electron chi connectivity index (χ0n) is 24.5. The van der Waals surface area contributed by atoms with Crippen molar-refractivity contribution in [3.05, 3.63) is 77.2 Å². The van der Waals surface area contributed by atoms with Crippen molar-refractivity contribution in [3.63, 3.8) is 0 Å². The van der Waals surface area contributed by atoms with E-state index in [0.717, 1.165) is 5.56 Å². The van der Waals surface area contributed by atoms with E-state index in [1.807, 2.05) is 6.07 Å². The first-order valence-corrected chi connectivity index (χ1v) is 14.1. The Labute approximate surface area is 256 Å². The molecule has 0 bridgehead atoms. The van der Waals surface area contributed by atoms with Gasteiger partial charge in [0.2, 0.25) is 12.5 Å². The zero-order chi connectivity index (χ0) is 31.2. The molecule has 45 heavy (non-hydrogen) atoms. The molecule has 0 unspecified atom stereocenters. The van der Waals surface area contributed by atoms with Gasteiger partial charge >= 0.3 is 11.9 Å². The Morgan fingerprint density at radius 1 is 0.978 bits per heavy atom. The minimum absolute atomic E-state index is 0.0341. The molecule has 3 aromatic carbocycles. The molecule has 1 aliphatic carbocycles. The molecule has 3 aliphatic rings. The highest BCUT2D eigenvalue weighted by Crippen LogP contribution is 2.56. The van der Waals surface area contributed by atoms with Gasteiger partial charge < -0.3 is 33.2 Å². The SMILES string of the molecule is COc1cc([C@@H]2c3cc4c(cc3[C@H](OC(=O)Cn3cc(-c5cccc(F)c5)nn3)[C@H]3COC(=O)[C@H]23)OCO4)cc(OC)c1OC. The fourth-order valence-electron chi connectivity index (χ4n) is 6.41. The number of carbonyl (C=O) groups is 2. The summed E-state index contributed by atoms with van der Waals surface area (Å²) in [4.78, 5) is 26.8. The number of esters is 2. The fourth-order valence-corrected chi connectivity index (χ4v) is 6.41. The van der Waals surface area contributed by atoms with Crippen LogP contribution in [-0.4, -0.2) is 61.7 Å². The normalized spacial score (nSPS) is 21.0. The van der Waals surface area contributed by atoms with E-state index >= 15 is 0 Å². The quantitative estimate of drug-likeness (QED) is 0.266. The highest BCUT2D eigenvalue weighted by atomic mass is 19.1. The first-order valence-electron chi connectivity index (χ1n) is 14.1. The number of methoxy groups -OCH3 is 3. The lowest BCUT2D eigenvalue weighted by Crippen LogP contribution is -2.37. The molecule has 7 rings (SSSR count). The molecule has 12 nitrogen and oxygen atoms in total. The van der Waals surface area contributed by atoms with Crippen molar-refractivity contribution in [1.82, 2.24) is 15.0 Å². The highest BCUT2D eigenvalue weighted by Gasteiger charge is 2.54. The zero-order valence-corrected chi connectivity index (χ0v) is 24.5. The average molecular weight is 618 g/mol. The monoisotopic (exact) mass is 617 g/mol. The van der Waals surface area contributed by atoms with Gasteiger partial charge in [-0.1, -0.05) is 17.3 Å². The van der Waals surface area contributed by atoms with Gasteiger partial charge in [0, 0.05) is 23.0 Å². The Kier molecular flexibility index (Phi) is 7.15. The van der Waals surface area contributed by atoms with Gasteiger partial charge in [-0.05, 0) is 47.5 Å². The Morgan fingerprint density at radius 2 is 1.71 bits per heavy atom. The molecule has 0 saturated carbocycles.